The van der Waals surface area contributed by atoms with Crippen LogP contribution in [0.15, 0.2) is 0 Å². The minimum absolute atomic E-state index is 0.846. The molecule has 3 fully saturated rings. The molecule has 4 atom stereocenters. The van der Waals surface area contributed by atoms with E-state index >= 15 is 0 Å². The van der Waals surface area contributed by atoms with Crippen molar-refractivity contribution in [2.24, 2.45) is 23.7 Å². The van der Waals surface area contributed by atoms with Crippen molar-refractivity contribution in [2.45, 2.75) is 90.0 Å². The van der Waals surface area contributed by atoms with E-state index in [9.17, 15) is 0 Å². The molecule has 0 aromatic heterocycles. The Hall–Kier alpha value is -0.0400. The first-order valence-corrected chi connectivity index (χ1v) is 9.60. The van der Waals surface area contributed by atoms with Crippen LogP contribution in [0.2, 0.25) is 0 Å². The van der Waals surface area contributed by atoms with Gasteiger partial charge in [0.15, 0.2) is 0 Å². The highest BCUT2D eigenvalue weighted by Crippen LogP contribution is 2.44. The van der Waals surface area contributed by atoms with Gasteiger partial charge in [0.2, 0.25) is 0 Å². The summed E-state index contributed by atoms with van der Waals surface area (Å²) in [6, 6.07) is 0.846. The number of rotatable bonds is 7. The Morgan fingerprint density at radius 1 is 0.950 bits per heavy atom. The van der Waals surface area contributed by atoms with Gasteiger partial charge in [-0.2, -0.15) is 0 Å². The van der Waals surface area contributed by atoms with E-state index < -0.39 is 0 Å². The summed E-state index contributed by atoms with van der Waals surface area (Å²) in [5.74, 6) is 4.30. The molecule has 0 radical (unpaired) electrons. The van der Waals surface area contributed by atoms with Gasteiger partial charge in [-0.15, -0.1) is 0 Å². The number of hydrogen-bond donors (Lipinski definition) is 1. The summed E-state index contributed by atoms with van der Waals surface area (Å²) < 4.78 is 0. The van der Waals surface area contributed by atoms with Crippen LogP contribution >= 0.6 is 0 Å². The Morgan fingerprint density at radius 2 is 1.75 bits per heavy atom. The molecule has 0 aromatic rings. The molecular formula is C19H35N. The van der Waals surface area contributed by atoms with E-state index in [1.54, 1.807) is 25.7 Å². The predicted octanol–water partition coefficient (Wildman–Crippen LogP) is 5.15. The van der Waals surface area contributed by atoms with Crippen LogP contribution < -0.4 is 5.32 Å². The van der Waals surface area contributed by atoms with E-state index in [-0.39, 0.29) is 0 Å². The highest BCUT2D eigenvalue weighted by molar-refractivity contribution is 4.89. The minimum atomic E-state index is 0.846. The first-order chi connectivity index (χ1) is 9.86. The van der Waals surface area contributed by atoms with Crippen LogP contribution in [-0.2, 0) is 0 Å². The molecule has 0 aliphatic heterocycles. The van der Waals surface area contributed by atoms with Crippen molar-refractivity contribution in [2.75, 3.05) is 6.54 Å². The third kappa shape index (κ3) is 4.00. The van der Waals surface area contributed by atoms with Crippen molar-refractivity contribution in [3.63, 3.8) is 0 Å². The van der Waals surface area contributed by atoms with Crippen LogP contribution in [0.25, 0.3) is 0 Å². The molecule has 0 amide bonds. The SMILES string of the molecule is CCCNC(CCC1CC1)C1CCC2CCCCC2C1. The van der Waals surface area contributed by atoms with E-state index in [2.05, 4.69) is 12.2 Å². The molecule has 3 rings (SSSR count). The summed E-state index contributed by atoms with van der Waals surface area (Å²) in [7, 11) is 0. The second kappa shape index (κ2) is 7.29. The standard InChI is InChI=1S/C19H35N/c1-2-13-20-19(12-9-15-7-8-15)18-11-10-16-5-3-4-6-17(16)14-18/h15-20H,2-14H2,1H3. The lowest BCUT2D eigenvalue weighted by atomic mass is 9.65. The molecule has 1 N–H and O–H groups in total. The number of hydrogen-bond acceptors (Lipinski definition) is 1. The summed E-state index contributed by atoms with van der Waals surface area (Å²) >= 11 is 0. The highest BCUT2D eigenvalue weighted by atomic mass is 14.9. The Bertz CT molecular complexity index is 283. The van der Waals surface area contributed by atoms with Crippen LogP contribution in [0.4, 0.5) is 0 Å². The molecule has 3 aliphatic rings. The third-order valence-corrected chi connectivity index (χ3v) is 6.39. The molecule has 3 aliphatic carbocycles. The average Bonchev–Trinajstić information content (AvgIpc) is 3.31. The van der Waals surface area contributed by atoms with Crippen molar-refractivity contribution in [1.82, 2.24) is 5.32 Å². The molecule has 0 heterocycles. The zero-order chi connectivity index (χ0) is 13.8. The molecule has 116 valence electrons. The van der Waals surface area contributed by atoms with Crippen molar-refractivity contribution in [3.05, 3.63) is 0 Å². The van der Waals surface area contributed by atoms with Gasteiger partial charge in [-0.25, -0.2) is 0 Å². The zero-order valence-electron chi connectivity index (χ0n) is 13.6. The zero-order valence-corrected chi connectivity index (χ0v) is 13.6. The van der Waals surface area contributed by atoms with Gasteiger partial charge in [-0.3, -0.25) is 0 Å². The van der Waals surface area contributed by atoms with Crippen LogP contribution in [0.3, 0.4) is 0 Å². The predicted molar refractivity (Wildman–Crippen MR) is 86.8 cm³/mol. The van der Waals surface area contributed by atoms with Crippen molar-refractivity contribution >= 4 is 0 Å². The van der Waals surface area contributed by atoms with Gasteiger partial charge in [0, 0.05) is 6.04 Å². The third-order valence-electron chi connectivity index (χ3n) is 6.39. The quantitative estimate of drug-likeness (QED) is 0.678. The van der Waals surface area contributed by atoms with Crippen LogP contribution in [-0.4, -0.2) is 12.6 Å². The van der Waals surface area contributed by atoms with Crippen molar-refractivity contribution in [3.8, 4) is 0 Å². The molecule has 0 bridgehead atoms. The van der Waals surface area contributed by atoms with Gasteiger partial charge in [-0.05, 0) is 68.7 Å². The molecule has 1 nitrogen and oxygen atoms in total. The molecular weight excluding hydrogens is 242 g/mol. The van der Waals surface area contributed by atoms with Crippen molar-refractivity contribution in [1.29, 1.82) is 0 Å². The lowest BCUT2D eigenvalue weighted by Gasteiger charge is -2.42. The summed E-state index contributed by atoms with van der Waals surface area (Å²) in [5, 5.41) is 3.92. The Kier molecular flexibility index (Phi) is 5.42. The summed E-state index contributed by atoms with van der Waals surface area (Å²) in [5.41, 5.74) is 0. The van der Waals surface area contributed by atoms with Gasteiger partial charge in [0.05, 0.1) is 0 Å². The van der Waals surface area contributed by atoms with E-state index in [0.717, 1.165) is 29.7 Å². The van der Waals surface area contributed by atoms with Crippen molar-refractivity contribution < 1.29 is 0 Å². The average molecular weight is 277 g/mol. The summed E-state index contributed by atoms with van der Waals surface area (Å²) in [6.45, 7) is 3.54. The smallest absolute Gasteiger partial charge is 0.00955 e. The largest absolute Gasteiger partial charge is 0.314 e. The monoisotopic (exact) mass is 277 g/mol. The highest BCUT2D eigenvalue weighted by Gasteiger charge is 2.35. The fraction of sp³-hybridized carbons (Fsp3) is 1.00. The van der Waals surface area contributed by atoms with E-state index in [4.69, 9.17) is 0 Å². The molecule has 4 unspecified atom stereocenters. The Balaban J connectivity index is 1.51. The Morgan fingerprint density at radius 3 is 2.50 bits per heavy atom. The topological polar surface area (TPSA) is 12.0 Å². The van der Waals surface area contributed by atoms with Crippen LogP contribution in [0.1, 0.15) is 84.0 Å². The summed E-state index contributed by atoms with van der Waals surface area (Å²) in [6.07, 6.45) is 18.1. The second-order valence-corrected chi connectivity index (χ2v) is 7.96. The maximum absolute atomic E-state index is 3.92. The minimum Gasteiger partial charge on any atom is -0.314 e. The fourth-order valence-corrected chi connectivity index (χ4v) is 4.93. The molecule has 20 heavy (non-hydrogen) atoms. The van der Waals surface area contributed by atoms with Crippen LogP contribution in [0, 0.1) is 23.7 Å². The second-order valence-electron chi connectivity index (χ2n) is 7.96. The first kappa shape index (κ1) is 14.9. The molecule has 0 spiro atoms. The van der Waals surface area contributed by atoms with Gasteiger partial charge in [-0.1, -0.05) is 45.4 Å². The fourth-order valence-electron chi connectivity index (χ4n) is 4.93. The number of nitrogens with one attached hydrogen (secondary N) is 1. The lowest BCUT2D eigenvalue weighted by Crippen LogP contribution is -2.41. The molecule has 1 heteroatoms. The van der Waals surface area contributed by atoms with Crippen LogP contribution in [0.5, 0.6) is 0 Å². The molecule has 0 saturated heterocycles. The normalized spacial score (nSPS) is 35.5. The lowest BCUT2D eigenvalue weighted by molar-refractivity contribution is 0.106. The first-order valence-electron chi connectivity index (χ1n) is 9.60. The molecule has 3 saturated carbocycles. The summed E-state index contributed by atoms with van der Waals surface area (Å²) in [4.78, 5) is 0. The Labute approximate surface area is 126 Å². The van der Waals surface area contributed by atoms with Gasteiger partial charge in [0.25, 0.3) is 0 Å². The maximum Gasteiger partial charge on any atom is 0.00955 e. The number of fused-ring (bicyclic) bond motifs is 1. The maximum atomic E-state index is 3.92. The van der Waals surface area contributed by atoms with Gasteiger partial charge < -0.3 is 5.32 Å². The van der Waals surface area contributed by atoms with E-state index in [1.807, 2.05) is 0 Å². The molecule has 0 aromatic carbocycles. The van der Waals surface area contributed by atoms with Gasteiger partial charge >= 0.3 is 0 Å². The van der Waals surface area contributed by atoms with Gasteiger partial charge in [0.1, 0.15) is 0 Å². The van der Waals surface area contributed by atoms with E-state index in [0.29, 0.717) is 0 Å². The van der Waals surface area contributed by atoms with E-state index in [1.165, 1.54) is 57.9 Å².